The smallest absolute Gasteiger partial charge is 0.254 e. The lowest BCUT2D eigenvalue weighted by Crippen LogP contribution is -2.49. The Kier molecular flexibility index (Phi) is 6.16. The van der Waals surface area contributed by atoms with E-state index >= 15 is 0 Å². The van der Waals surface area contributed by atoms with Gasteiger partial charge in [-0.15, -0.1) is 10.2 Å². The van der Waals surface area contributed by atoms with Gasteiger partial charge in [-0.25, -0.2) is 8.78 Å². The summed E-state index contributed by atoms with van der Waals surface area (Å²) in [6.07, 6.45) is 0. The number of ether oxygens (including phenoxy) is 2. The number of hydrogen-bond donors (Lipinski definition) is 0. The fraction of sp³-hybridized carbons (Fsp3) is 0.261. The molecule has 1 fully saturated rings. The van der Waals surface area contributed by atoms with Crippen LogP contribution >= 0.6 is 0 Å². The Labute approximate surface area is 184 Å². The van der Waals surface area contributed by atoms with Gasteiger partial charge in [0.1, 0.15) is 11.5 Å². The maximum atomic E-state index is 13.5. The minimum atomic E-state index is -1.03. The van der Waals surface area contributed by atoms with E-state index in [0.29, 0.717) is 49.2 Å². The molecule has 1 aromatic heterocycles. The molecule has 0 N–H and O–H groups in total. The molecule has 3 aromatic rings. The fourth-order valence-corrected chi connectivity index (χ4v) is 3.60. The highest BCUT2D eigenvalue weighted by Gasteiger charge is 2.24. The van der Waals surface area contributed by atoms with Crippen molar-refractivity contribution in [3.8, 4) is 22.8 Å². The lowest BCUT2D eigenvalue weighted by atomic mass is 10.1. The summed E-state index contributed by atoms with van der Waals surface area (Å²) in [6.45, 7) is 1.97. The number of aromatic nitrogens is 2. The van der Waals surface area contributed by atoms with E-state index in [4.69, 9.17) is 9.47 Å². The van der Waals surface area contributed by atoms with Crippen LogP contribution in [0.2, 0.25) is 0 Å². The second-order valence-electron chi connectivity index (χ2n) is 7.25. The van der Waals surface area contributed by atoms with Crippen molar-refractivity contribution in [2.45, 2.75) is 0 Å². The summed E-state index contributed by atoms with van der Waals surface area (Å²) in [7, 11) is 3.19. The van der Waals surface area contributed by atoms with Crippen molar-refractivity contribution in [3.63, 3.8) is 0 Å². The Morgan fingerprint density at radius 2 is 1.66 bits per heavy atom. The Morgan fingerprint density at radius 1 is 0.875 bits per heavy atom. The first kappa shape index (κ1) is 21.5. The highest BCUT2D eigenvalue weighted by Crippen LogP contribution is 2.32. The standard InChI is InChI=1S/C23H22F2N4O3/c1-31-16-4-7-21(32-2)17(14-16)20-6-8-22(27-26-20)28-9-11-29(12-10-28)23(30)15-3-5-18(24)19(25)13-15/h3-8,13-14H,9-12H2,1-2H3. The van der Waals surface area contributed by atoms with Crippen LogP contribution in [0.3, 0.4) is 0 Å². The highest BCUT2D eigenvalue weighted by molar-refractivity contribution is 5.94. The van der Waals surface area contributed by atoms with Crippen molar-refractivity contribution in [2.24, 2.45) is 0 Å². The molecule has 1 amide bonds. The quantitative estimate of drug-likeness (QED) is 0.606. The van der Waals surface area contributed by atoms with Gasteiger partial charge in [0, 0.05) is 37.3 Å². The molecule has 9 heteroatoms. The van der Waals surface area contributed by atoms with Gasteiger partial charge in [0.25, 0.3) is 5.91 Å². The van der Waals surface area contributed by atoms with Crippen LogP contribution in [0.4, 0.5) is 14.6 Å². The highest BCUT2D eigenvalue weighted by atomic mass is 19.2. The van der Waals surface area contributed by atoms with Crippen molar-refractivity contribution in [3.05, 3.63) is 65.7 Å². The summed E-state index contributed by atoms with van der Waals surface area (Å²) in [5, 5.41) is 8.69. The van der Waals surface area contributed by atoms with E-state index in [2.05, 4.69) is 10.2 Å². The molecule has 0 aliphatic carbocycles. The molecule has 0 radical (unpaired) electrons. The van der Waals surface area contributed by atoms with Crippen LogP contribution in [0.25, 0.3) is 11.3 Å². The topological polar surface area (TPSA) is 67.8 Å². The number of hydrogen-bond acceptors (Lipinski definition) is 6. The predicted octanol–water partition coefficient (Wildman–Crippen LogP) is 3.40. The number of nitrogens with zero attached hydrogens (tertiary/aromatic N) is 4. The van der Waals surface area contributed by atoms with E-state index in [1.807, 2.05) is 35.2 Å². The first-order valence-electron chi connectivity index (χ1n) is 10.1. The first-order chi connectivity index (χ1) is 15.5. The van der Waals surface area contributed by atoms with Crippen LogP contribution in [0.5, 0.6) is 11.5 Å². The van der Waals surface area contributed by atoms with Crippen molar-refractivity contribution in [2.75, 3.05) is 45.3 Å². The zero-order valence-electron chi connectivity index (χ0n) is 17.7. The minimum absolute atomic E-state index is 0.133. The maximum Gasteiger partial charge on any atom is 0.254 e. The maximum absolute atomic E-state index is 13.5. The summed E-state index contributed by atoms with van der Waals surface area (Å²) >= 11 is 0. The summed E-state index contributed by atoms with van der Waals surface area (Å²) in [5.41, 5.74) is 1.55. The lowest BCUT2D eigenvalue weighted by Gasteiger charge is -2.35. The minimum Gasteiger partial charge on any atom is -0.497 e. The predicted molar refractivity (Wildman–Crippen MR) is 115 cm³/mol. The van der Waals surface area contributed by atoms with Crippen LogP contribution in [0.1, 0.15) is 10.4 Å². The van der Waals surface area contributed by atoms with Crippen LogP contribution in [-0.4, -0.2) is 61.4 Å². The molecule has 166 valence electrons. The van der Waals surface area contributed by atoms with Gasteiger partial charge in [0.2, 0.25) is 0 Å². The third-order valence-corrected chi connectivity index (χ3v) is 5.39. The second-order valence-corrected chi connectivity index (χ2v) is 7.25. The van der Waals surface area contributed by atoms with Crippen LogP contribution in [-0.2, 0) is 0 Å². The van der Waals surface area contributed by atoms with Crippen LogP contribution in [0.15, 0.2) is 48.5 Å². The molecule has 0 atom stereocenters. The first-order valence-corrected chi connectivity index (χ1v) is 10.1. The molecule has 0 spiro atoms. The monoisotopic (exact) mass is 440 g/mol. The van der Waals surface area contributed by atoms with Gasteiger partial charge in [-0.1, -0.05) is 0 Å². The van der Waals surface area contributed by atoms with Crippen LogP contribution in [0, 0.1) is 11.6 Å². The second kappa shape index (κ2) is 9.17. The average Bonchev–Trinajstić information content (AvgIpc) is 2.85. The van der Waals surface area contributed by atoms with Crippen LogP contribution < -0.4 is 14.4 Å². The molecule has 0 saturated carbocycles. The Balaban J connectivity index is 1.43. The normalized spacial score (nSPS) is 13.8. The molecule has 0 bridgehead atoms. The molecule has 2 aromatic carbocycles. The van der Waals surface area contributed by atoms with Crippen molar-refractivity contribution >= 4 is 11.7 Å². The van der Waals surface area contributed by atoms with Crippen molar-refractivity contribution in [1.82, 2.24) is 15.1 Å². The van der Waals surface area contributed by atoms with Gasteiger partial charge in [0.15, 0.2) is 17.5 Å². The van der Waals surface area contributed by atoms with Gasteiger partial charge in [-0.05, 0) is 48.5 Å². The number of carbonyl (C=O) groups excluding carboxylic acids is 1. The van der Waals surface area contributed by atoms with E-state index in [0.717, 1.165) is 17.7 Å². The van der Waals surface area contributed by atoms with E-state index in [9.17, 15) is 13.6 Å². The molecule has 0 unspecified atom stereocenters. The van der Waals surface area contributed by atoms with Gasteiger partial charge < -0.3 is 19.3 Å². The van der Waals surface area contributed by atoms with E-state index < -0.39 is 11.6 Å². The van der Waals surface area contributed by atoms with E-state index in [-0.39, 0.29) is 11.5 Å². The Morgan fingerprint density at radius 3 is 2.28 bits per heavy atom. The summed E-state index contributed by atoms with van der Waals surface area (Å²) in [6, 6.07) is 12.4. The largest absolute Gasteiger partial charge is 0.497 e. The third kappa shape index (κ3) is 4.32. The third-order valence-electron chi connectivity index (χ3n) is 5.39. The number of amides is 1. The fourth-order valence-electron chi connectivity index (χ4n) is 3.60. The number of anilines is 1. The molecule has 1 aliphatic rings. The molecular formula is C23H22F2N4O3. The molecule has 1 saturated heterocycles. The number of rotatable bonds is 5. The number of piperazine rings is 1. The number of benzene rings is 2. The lowest BCUT2D eigenvalue weighted by molar-refractivity contribution is 0.0746. The SMILES string of the molecule is COc1ccc(OC)c(-c2ccc(N3CCN(C(=O)c4ccc(F)c(F)c4)CC3)nn2)c1. The number of carbonyl (C=O) groups is 1. The summed E-state index contributed by atoms with van der Waals surface area (Å²) < 4.78 is 37.3. The Bertz CT molecular complexity index is 1120. The summed E-state index contributed by atoms with van der Waals surface area (Å²) in [5.74, 6) is -0.283. The van der Waals surface area contributed by atoms with Gasteiger partial charge in [0.05, 0.1) is 19.9 Å². The molecule has 1 aliphatic heterocycles. The molecule has 4 rings (SSSR count). The number of methoxy groups -OCH3 is 2. The van der Waals surface area contributed by atoms with Gasteiger partial charge >= 0.3 is 0 Å². The van der Waals surface area contributed by atoms with Gasteiger partial charge in [-0.2, -0.15) is 0 Å². The zero-order valence-corrected chi connectivity index (χ0v) is 17.7. The van der Waals surface area contributed by atoms with Crippen molar-refractivity contribution < 1.29 is 23.0 Å². The molecule has 32 heavy (non-hydrogen) atoms. The Hall–Kier alpha value is -3.75. The molecular weight excluding hydrogens is 418 g/mol. The van der Waals surface area contributed by atoms with Crippen molar-refractivity contribution in [1.29, 1.82) is 0 Å². The number of halogens is 2. The van der Waals surface area contributed by atoms with E-state index in [1.54, 1.807) is 19.1 Å². The van der Waals surface area contributed by atoms with Gasteiger partial charge in [-0.3, -0.25) is 4.79 Å². The zero-order chi connectivity index (χ0) is 22.7. The molecule has 7 nitrogen and oxygen atoms in total. The summed E-state index contributed by atoms with van der Waals surface area (Å²) in [4.78, 5) is 16.2. The van der Waals surface area contributed by atoms with E-state index in [1.165, 1.54) is 6.07 Å². The average molecular weight is 440 g/mol. The molecule has 2 heterocycles.